The first kappa shape index (κ1) is 13.9. The molecule has 1 fully saturated rings. The fourth-order valence-electron chi connectivity index (χ4n) is 2.40. The zero-order valence-electron chi connectivity index (χ0n) is 10.9. The van der Waals surface area contributed by atoms with Gasteiger partial charge in [0.15, 0.2) is 11.6 Å². The van der Waals surface area contributed by atoms with Crippen molar-refractivity contribution in [1.82, 2.24) is 4.90 Å². The standard InChI is InChI=1S/C14H17F2NO2/c1-2-19-9-14(18)17-7-3-4-13(17)10-5-6-11(15)12(16)8-10/h5-6,8,13H,2-4,7,9H2,1H3/t13-/m0/s1. The van der Waals surface area contributed by atoms with Crippen LogP contribution >= 0.6 is 0 Å². The molecule has 5 heteroatoms. The minimum atomic E-state index is -0.874. The second-order valence-corrected chi connectivity index (χ2v) is 4.56. The van der Waals surface area contributed by atoms with Gasteiger partial charge in [0.05, 0.1) is 6.04 Å². The number of benzene rings is 1. The number of halogens is 2. The number of amides is 1. The molecule has 0 N–H and O–H groups in total. The van der Waals surface area contributed by atoms with Gasteiger partial charge in [-0.3, -0.25) is 4.79 Å². The monoisotopic (exact) mass is 269 g/mol. The zero-order chi connectivity index (χ0) is 13.8. The molecule has 1 saturated heterocycles. The Morgan fingerprint density at radius 1 is 1.42 bits per heavy atom. The van der Waals surface area contributed by atoms with Gasteiger partial charge in [0.2, 0.25) is 5.91 Å². The summed E-state index contributed by atoms with van der Waals surface area (Å²) in [7, 11) is 0. The van der Waals surface area contributed by atoms with E-state index in [0.717, 1.165) is 18.9 Å². The second kappa shape index (κ2) is 6.10. The van der Waals surface area contributed by atoms with Gasteiger partial charge in [-0.15, -0.1) is 0 Å². The number of carbonyl (C=O) groups is 1. The van der Waals surface area contributed by atoms with Crippen molar-refractivity contribution in [2.24, 2.45) is 0 Å². The Morgan fingerprint density at radius 2 is 2.21 bits per heavy atom. The highest BCUT2D eigenvalue weighted by Crippen LogP contribution is 2.32. The molecule has 19 heavy (non-hydrogen) atoms. The molecule has 3 nitrogen and oxygen atoms in total. The summed E-state index contributed by atoms with van der Waals surface area (Å²) in [6, 6.07) is 3.64. The normalized spacial score (nSPS) is 18.9. The summed E-state index contributed by atoms with van der Waals surface area (Å²) in [6.45, 7) is 2.98. The molecule has 1 aromatic carbocycles. The van der Waals surface area contributed by atoms with Crippen LogP contribution in [0, 0.1) is 11.6 Å². The number of rotatable bonds is 4. The number of nitrogens with zero attached hydrogens (tertiary/aromatic N) is 1. The lowest BCUT2D eigenvalue weighted by atomic mass is 10.0. The fraction of sp³-hybridized carbons (Fsp3) is 0.500. The van der Waals surface area contributed by atoms with E-state index < -0.39 is 11.6 Å². The maximum Gasteiger partial charge on any atom is 0.249 e. The van der Waals surface area contributed by atoms with E-state index in [0.29, 0.717) is 18.7 Å². The van der Waals surface area contributed by atoms with Gasteiger partial charge in [-0.25, -0.2) is 8.78 Å². The van der Waals surface area contributed by atoms with Gasteiger partial charge in [0, 0.05) is 13.2 Å². The van der Waals surface area contributed by atoms with Crippen LogP contribution in [0.25, 0.3) is 0 Å². The van der Waals surface area contributed by atoms with Gasteiger partial charge in [-0.1, -0.05) is 6.07 Å². The van der Waals surface area contributed by atoms with E-state index >= 15 is 0 Å². The molecular formula is C14H17F2NO2. The zero-order valence-corrected chi connectivity index (χ0v) is 10.9. The van der Waals surface area contributed by atoms with Gasteiger partial charge in [-0.05, 0) is 37.5 Å². The number of hydrogen-bond donors (Lipinski definition) is 0. The van der Waals surface area contributed by atoms with Gasteiger partial charge in [0.25, 0.3) is 0 Å². The average Bonchev–Trinajstić information content (AvgIpc) is 2.88. The van der Waals surface area contributed by atoms with Gasteiger partial charge < -0.3 is 9.64 Å². The van der Waals surface area contributed by atoms with Crippen LogP contribution in [0.4, 0.5) is 8.78 Å². The summed E-state index contributed by atoms with van der Waals surface area (Å²) in [5, 5.41) is 0. The number of ether oxygens (including phenoxy) is 1. The minimum Gasteiger partial charge on any atom is -0.372 e. The van der Waals surface area contributed by atoms with E-state index in [4.69, 9.17) is 4.74 Å². The Morgan fingerprint density at radius 3 is 2.89 bits per heavy atom. The van der Waals surface area contributed by atoms with Crippen molar-refractivity contribution in [3.05, 3.63) is 35.4 Å². The van der Waals surface area contributed by atoms with E-state index in [1.807, 2.05) is 6.92 Å². The highest BCUT2D eigenvalue weighted by atomic mass is 19.2. The minimum absolute atomic E-state index is 0.0384. The quantitative estimate of drug-likeness (QED) is 0.841. The first-order chi connectivity index (χ1) is 9.13. The second-order valence-electron chi connectivity index (χ2n) is 4.56. The van der Waals surface area contributed by atoms with Crippen molar-refractivity contribution < 1.29 is 18.3 Å². The van der Waals surface area contributed by atoms with Crippen molar-refractivity contribution in [2.75, 3.05) is 19.8 Å². The van der Waals surface area contributed by atoms with Crippen LogP contribution in [0.2, 0.25) is 0 Å². The van der Waals surface area contributed by atoms with Crippen molar-refractivity contribution in [2.45, 2.75) is 25.8 Å². The van der Waals surface area contributed by atoms with E-state index in [1.54, 1.807) is 4.90 Å². The summed E-state index contributed by atoms with van der Waals surface area (Å²) < 4.78 is 31.3. The third-order valence-corrected chi connectivity index (χ3v) is 3.33. The number of likely N-dealkylation sites (tertiary alicyclic amines) is 1. The predicted octanol–water partition coefficient (Wildman–Crippen LogP) is 2.66. The summed E-state index contributed by atoms with van der Waals surface area (Å²) in [5.41, 5.74) is 0.640. The summed E-state index contributed by atoms with van der Waals surface area (Å²) >= 11 is 0. The third kappa shape index (κ3) is 3.10. The predicted molar refractivity (Wildman–Crippen MR) is 66.5 cm³/mol. The van der Waals surface area contributed by atoms with Crippen LogP contribution < -0.4 is 0 Å². The summed E-state index contributed by atoms with van der Waals surface area (Å²) in [4.78, 5) is 13.7. The maximum absolute atomic E-state index is 13.3. The van der Waals surface area contributed by atoms with E-state index in [2.05, 4.69) is 0 Å². The van der Waals surface area contributed by atoms with Crippen molar-refractivity contribution >= 4 is 5.91 Å². The summed E-state index contributed by atoms with van der Waals surface area (Å²) in [6.07, 6.45) is 1.63. The first-order valence-electron chi connectivity index (χ1n) is 6.45. The van der Waals surface area contributed by atoms with E-state index in [9.17, 15) is 13.6 Å². The highest BCUT2D eigenvalue weighted by molar-refractivity contribution is 5.78. The molecule has 0 unspecified atom stereocenters. The third-order valence-electron chi connectivity index (χ3n) is 3.33. The lowest BCUT2D eigenvalue weighted by molar-refractivity contribution is -0.136. The Labute approximate surface area is 111 Å². The molecule has 1 amide bonds. The van der Waals surface area contributed by atoms with Crippen LogP contribution in [0.5, 0.6) is 0 Å². The Kier molecular flexibility index (Phi) is 4.47. The van der Waals surface area contributed by atoms with Crippen molar-refractivity contribution in [1.29, 1.82) is 0 Å². The van der Waals surface area contributed by atoms with Crippen LogP contribution in [-0.2, 0) is 9.53 Å². The van der Waals surface area contributed by atoms with Gasteiger partial charge in [-0.2, -0.15) is 0 Å². The molecule has 2 rings (SSSR count). The molecule has 0 spiro atoms. The lowest BCUT2D eigenvalue weighted by Gasteiger charge is -2.25. The van der Waals surface area contributed by atoms with Crippen LogP contribution in [-0.4, -0.2) is 30.6 Å². The van der Waals surface area contributed by atoms with E-state index in [-0.39, 0.29) is 18.6 Å². The van der Waals surface area contributed by atoms with Crippen LogP contribution in [0.3, 0.4) is 0 Å². The summed E-state index contributed by atoms with van der Waals surface area (Å²) in [5.74, 6) is -1.84. The topological polar surface area (TPSA) is 29.5 Å². The largest absolute Gasteiger partial charge is 0.372 e. The maximum atomic E-state index is 13.3. The highest BCUT2D eigenvalue weighted by Gasteiger charge is 2.30. The Balaban J connectivity index is 2.13. The fourth-order valence-corrected chi connectivity index (χ4v) is 2.40. The molecule has 0 aromatic heterocycles. The first-order valence-corrected chi connectivity index (χ1v) is 6.45. The molecule has 1 heterocycles. The Hall–Kier alpha value is -1.49. The van der Waals surface area contributed by atoms with Crippen molar-refractivity contribution in [3.63, 3.8) is 0 Å². The molecule has 1 aliphatic rings. The molecule has 1 aliphatic heterocycles. The average molecular weight is 269 g/mol. The molecule has 0 radical (unpaired) electrons. The molecule has 0 bridgehead atoms. The van der Waals surface area contributed by atoms with Gasteiger partial charge in [0.1, 0.15) is 6.61 Å². The van der Waals surface area contributed by atoms with Gasteiger partial charge >= 0.3 is 0 Å². The SMILES string of the molecule is CCOCC(=O)N1CCC[C@H]1c1ccc(F)c(F)c1. The molecular weight excluding hydrogens is 252 g/mol. The molecule has 1 atom stereocenters. The Bertz CT molecular complexity index is 465. The molecule has 0 aliphatic carbocycles. The smallest absolute Gasteiger partial charge is 0.249 e. The van der Waals surface area contributed by atoms with Crippen LogP contribution in [0.15, 0.2) is 18.2 Å². The molecule has 104 valence electrons. The molecule has 0 saturated carbocycles. The van der Waals surface area contributed by atoms with Crippen LogP contribution in [0.1, 0.15) is 31.4 Å². The number of carbonyl (C=O) groups excluding carboxylic acids is 1. The van der Waals surface area contributed by atoms with E-state index in [1.165, 1.54) is 12.1 Å². The van der Waals surface area contributed by atoms with Crippen molar-refractivity contribution in [3.8, 4) is 0 Å². The lowest BCUT2D eigenvalue weighted by Crippen LogP contribution is -2.33. The molecule has 1 aromatic rings. The number of hydrogen-bond acceptors (Lipinski definition) is 2.